The van der Waals surface area contributed by atoms with E-state index in [1.807, 2.05) is 36.1 Å². The highest BCUT2D eigenvalue weighted by Gasteiger charge is 2.38. The Hall–Kier alpha value is -3.20. The number of fused-ring (bicyclic) bond motifs is 3. The molecule has 9 heteroatoms. The fourth-order valence-electron chi connectivity index (χ4n) is 5.17. The molecule has 3 amide bonds. The van der Waals surface area contributed by atoms with Crippen molar-refractivity contribution in [3.8, 4) is 11.4 Å². The summed E-state index contributed by atoms with van der Waals surface area (Å²) in [5.41, 5.74) is 3.75. The molecule has 2 fully saturated rings. The predicted octanol–water partition coefficient (Wildman–Crippen LogP) is 3.12. The minimum Gasteiger partial charge on any atom is -0.377 e. The number of morpholine rings is 1. The molecule has 0 bridgehead atoms. The number of hydrogen-bond donors (Lipinski definition) is 2. The van der Waals surface area contributed by atoms with Gasteiger partial charge in [0.05, 0.1) is 31.0 Å². The highest BCUT2D eigenvalue weighted by Crippen LogP contribution is 2.40. The van der Waals surface area contributed by atoms with Crippen molar-refractivity contribution in [2.24, 2.45) is 0 Å². The van der Waals surface area contributed by atoms with Crippen LogP contribution in [0.5, 0.6) is 0 Å². The van der Waals surface area contributed by atoms with Gasteiger partial charge in [0, 0.05) is 42.9 Å². The van der Waals surface area contributed by atoms with E-state index in [1.54, 1.807) is 0 Å². The Balaban J connectivity index is 1.54. The summed E-state index contributed by atoms with van der Waals surface area (Å²) in [5, 5.41) is 5.56. The highest BCUT2D eigenvalue weighted by atomic mass is 16.5. The molecule has 4 heterocycles. The van der Waals surface area contributed by atoms with Gasteiger partial charge in [-0.2, -0.15) is 0 Å². The van der Waals surface area contributed by atoms with Crippen LogP contribution in [0.4, 0.5) is 16.3 Å². The number of carbonyl (C=O) groups is 2. The van der Waals surface area contributed by atoms with E-state index in [9.17, 15) is 9.59 Å². The molecule has 9 nitrogen and oxygen atoms in total. The van der Waals surface area contributed by atoms with E-state index in [-0.39, 0.29) is 24.0 Å². The first-order valence-corrected chi connectivity index (χ1v) is 12.2. The second-order valence-electron chi connectivity index (χ2n) is 9.16. The van der Waals surface area contributed by atoms with Crippen molar-refractivity contribution < 1.29 is 14.3 Å². The third-order valence-corrected chi connectivity index (χ3v) is 6.88. The number of anilines is 2. The second-order valence-corrected chi connectivity index (χ2v) is 9.16. The van der Waals surface area contributed by atoms with Crippen LogP contribution < -0.4 is 15.5 Å². The Morgan fingerprint density at radius 1 is 1.15 bits per heavy atom. The van der Waals surface area contributed by atoms with E-state index in [0.29, 0.717) is 37.7 Å². The van der Waals surface area contributed by atoms with Crippen LogP contribution >= 0.6 is 0 Å². The van der Waals surface area contributed by atoms with E-state index in [2.05, 4.69) is 22.5 Å². The molecule has 3 aliphatic heterocycles. The quantitative estimate of drug-likeness (QED) is 0.721. The predicted molar refractivity (Wildman–Crippen MR) is 130 cm³/mol. The number of carbonyl (C=O) groups excluding carboxylic acids is 2. The van der Waals surface area contributed by atoms with E-state index >= 15 is 0 Å². The largest absolute Gasteiger partial charge is 0.377 e. The van der Waals surface area contributed by atoms with Crippen molar-refractivity contribution in [2.45, 2.75) is 51.6 Å². The molecule has 180 valence electrons. The smallest absolute Gasteiger partial charge is 0.319 e. The minimum absolute atomic E-state index is 0.0144. The molecule has 5 rings (SSSR count). The zero-order valence-corrected chi connectivity index (χ0v) is 19.8. The third kappa shape index (κ3) is 4.32. The van der Waals surface area contributed by atoms with Crippen LogP contribution in [0, 0.1) is 0 Å². The van der Waals surface area contributed by atoms with Crippen molar-refractivity contribution in [2.75, 3.05) is 43.1 Å². The summed E-state index contributed by atoms with van der Waals surface area (Å²) < 4.78 is 5.68. The SMILES string of the molecule is CCNC(=O)Nc1ccc(-c2nc3c(c(N4CCOCC4C)n2)CCN2C(=O)CCCC32)cc1. The monoisotopic (exact) mass is 464 g/mol. The van der Waals surface area contributed by atoms with E-state index in [0.717, 1.165) is 49.4 Å². The Morgan fingerprint density at radius 3 is 2.74 bits per heavy atom. The van der Waals surface area contributed by atoms with Gasteiger partial charge in [-0.15, -0.1) is 0 Å². The summed E-state index contributed by atoms with van der Waals surface area (Å²) in [4.78, 5) is 38.9. The lowest BCUT2D eigenvalue weighted by molar-refractivity contribution is -0.137. The van der Waals surface area contributed by atoms with Crippen LogP contribution in [-0.2, 0) is 16.0 Å². The zero-order chi connectivity index (χ0) is 23.7. The van der Waals surface area contributed by atoms with Gasteiger partial charge in [-0.25, -0.2) is 14.8 Å². The number of piperidine rings is 1. The normalized spacial score (nSPS) is 22.1. The standard InChI is InChI=1S/C25H32N6O3/c1-3-26-25(33)27-18-9-7-17(8-10-18)23-28-22-19(11-12-31-20(22)5-4-6-21(31)32)24(29-23)30-13-14-34-15-16(30)2/h7-10,16,20H,3-6,11-15H2,1-2H3,(H2,26,27,33). The van der Waals surface area contributed by atoms with Gasteiger partial charge in [0.15, 0.2) is 5.82 Å². The molecular weight excluding hydrogens is 432 g/mol. The molecule has 2 N–H and O–H groups in total. The zero-order valence-electron chi connectivity index (χ0n) is 19.8. The van der Waals surface area contributed by atoms with E-state index in [4.69, 9.17) is 14.7 Å². The maximum absolute atomic E-state index is 12.6. The first-order valence-electron chi connectivity index (χ1n) is 12.2. The Morgan fingerprint density at radius 2 is 1.97 bits per heavy atom. The van der Waals surface area contributed by atoms with Gasteiger partial charge in [-0.1, -0.05) is 0 Å². The summed E-state index contributed by atoms with van der Waals surface area (Å²) in [6, 6.07) is 7.59. The maximum atomic E-state index is 12.6. The first-order chi connectivity index (χ1) is 16.5. The van der Waals surface area contributed by atoms with Gasteiger partial charge in [-0.05, 0) is 57.4 Å². The van der Waals surface area contributed by atoms with Crippen molar-refractivity contribution in [3.05, 3.63) is 35.5 Å². The van der Waals surface area contributed by atoms with Gasteiger partial charge in [0.2, 0.25) is 5.91 Å². The number of nitrogens with one attached hydrogen (secondary N) is 2. The maximum Gasteiger partial charge on any atom is 0.319 e. The Kier molecular flexibility index (Phi) is 6.36. The van der Waals surface area contributed by atoms with Crippen molar-refractivity contribution in [1.29, 1.82) is 0 Å². The molecule has 0 radical (unpaired) electrons. The average Bonchev–Trinajstić information content (AvgIpc) is 2.84. The molecule has 0 aliphatic carbocycles. The van der Waals surface area contributed by atoms with Crippen LogP contribution in [-0.4, -0.2) is 65.7 Å². The van der Waals surface area contributed by atoms with Crippen LogP contribution in [0.1, 0.15) is 50.4 Å². The van der Waals surface area contributed by atoms with Gasteiger partial charge in [-0.3, -0.25) is 4.79 Å². The summed E-state index contributed by atoms with van der Waals surface area (Å²) >= 11 is 0. The topological polar surface area (TPSA) is 99.7 Å². The van der Waals surface area contributed by atoms with Crippen LogP contribution in [0.15, 0.2) is 24.3 Å². The molecular formula is C25H32N6O3. The number of benzene rings is 1. The molecule has 2 unspecified atom stereocenters. The number of urea groups is 1. The van der Waals surface area contributed by atoms with Crippen LogP contribution in [0.2, 0.25) is 0 Å². The summed E-state index contributed by atoms with van der Waals surface area (Å²) in [7, 11) is 0. The second kappa shape index (κ2) is 9.58. The first kappa shape index (κ1) is 22.6. The fourth-order valence-corrected chi connectivity index (χ4v) is 5.17. The lowest BCUT2D eigenvalue weighted by atomic mass is 9.90. The van der Waals surface area contributed by atoms with Crippen molar-refractivity contribution >= 4 is 23.4 Å². The Labute approximate surface area is 199 Å². The number of aromatic nitrogens is 2. The molecule has 0 spiro atoms. The van der Waals surface area contributed by atoms with Crippen LogP contribution in [0.3, 0.4) is 0 Å². The number of amides is 3. The molecule has 1 aromatic heterocycles. The fraction of sp³-hybridized carbons (Fsp3) is 0.520. The number of rotatable bonds is 4. The van der Waals surface area contributed by atoms with Gasteiger partial charge in [0.1, 0.15) is 5.82 Å². The molecule has 2 atom stereocenters. The van der Waals surface area contributed by atoms with E-state index < -0.39 is 0 Å². The minimum atomic E-state index is -0.231. The van der Waals surface area contributed by atoms with Crippen LogP contribution in [0.25, 0.3) is 11.4 Å². The van der Waals surface area contributed by atoms with Crippen molar-refractivity contribution in [3.63, 3.8) is 0 Å². The lowest BCUT2D eigenvalue weighted by Gasteiger charge is -2.42. The molecule has 3 aliphatic rings. The lowest BCUT2D eigenvalue weighted by Crippen LogP contribution is -2.47. The number of hydrogen-bond acceptors (Lipinski definition) is 6. The van der Waals surface area contributed by atoms with Gasteiger partial charge >= 0.3 is 6.03 Å². The highest BCUT2D eigenvalue weighted by molar-refractivity contribution is 5.89. The molecule has 2 aromatic rings. The van der Waals surface area contributed by atoms with Crippen molar-refractivity contribution in [1.82, 2.24) is 20.2 Å². The summed E-state index contributed by atoms with van der Waals surface area (Å²) in [6.07, 6.45) is 3.22. The van der Waals surface area contributed by atoms with Gasteiger partial charge < -0.3 is 25.2 Å². The number of nitrogens with zero attached hydrogens (tertiary/aromatic N) is 4. The molecule has 34 heavy (non-hydrogen) atoms. The summed E-state index contributed by atoms with van der Waals surface area (Å²) in [6.45, 7) is 7.46. The molecule has 1 aromatic carbocycles. The molecule has 0 saturated carbocycles. The average molecular weight is 465 g/mol. The van der Waals surface area contributed by atoms with E-state index in [1.165, 1.54) is 5.56 Å². The third-order valence-electron chi connectivity index (χ3n) is 6.88. The van der Waals surface area contributed by atoms with Gasteiger partial charge in [0.25, 0.3) is 0 Å². The Bertz CT molecular complexity index is 1070. The molecule has 2 saturated heterocycles. The summed E-state index contributed by atoms with van der Waals surface area (Å²) in [5.74, 6) is 1.85. The number of ether oxygens (including phenoxy) is 1.